The summed E-state index contributed by atoms with van der Waals surface area (Å²) in [5.41, 5.74) is 0.784. The highest BCUT2D eigenvalue weighted by Crippen LogP contribution is 2.39. The van der Waals surface area contributed by atoms with Gasteiger partial charge in [-0.15, -0.1) is 0 Å². The molecule has 0 radical (unpaired) electrons. The van der Waals surface area contributed by atoms with Gasteiger partial charge in [-0.2, -0.15) is 0 Å². The van der Waals surface area contributed by atoms with E-state index in [1.54, 1.807) is 6.07 Å². The second kappa shape index (κ2) is 3.46. The Labute approximate surface area is 88.8 Å². The van der Waals surface area contributed by atoms with Crippen molar-refractivity contribution < 1.29 is 10.2 Å². The van der Waals surface area contributed by atoms with Gasteiger partial charge in [-0.1, -0.05) is 38.1 Å². The molecule has 0 unspecified atom stereocenters. The molecule has 2 rings (SSSR count). The van der Waals surface area contributed by atoms with Crippen molar-refractivity contribution in [1.29, 1.82) is 0 Å². The summed E-state index contributed by atoms with van der Waals surface area (Å²) in [5, 5.41) is 21.3. The first-order chi connectivity index (χ1) is 7.11. The number of hydrogen-bond donors (Lipinski definition) is 2. The van der Waals surface area contributed by atoms with Crippen LogP contribution in [0.3, 0.4) is 0 Å². The van der Waals surface area contributed by atoms with Gasteiger partial charge in [-0.3, -0.25) is 0 Å². The maximum atomic E-state index is 9.84. The first-order valence-corrected chi connectivity index (χ1v) is 5.05. The van der Waals surface area contributed by atoms with E-state index in [1.165, 1.54) is 0 Å². The van der Waals surface area contributed by atoms with Gasteiger partial charge in [0.25, 0.3) is 0 Å². The summed E-state index contributed by atoms with van der Waals surface area (Å²) >= 11 is 0. The third-order valence-corrected chi connectivity index (χ3v) is 2.65. The highest BCUT2D eigenvalue weighted by atomic mass is 16.3. The number of benzene rings is 2. The normalized spacial score (nSPS) is 11.1. The molecule has 78 valence electrons. The molecule has 0 spiro atoms. The maximum Gasteiger partial charge on any atom is 0.165 e. The quantitative estimate of drug-likeness (QED) is 0.696. The van der Waals surface area contributed by atoms with Crippen LogP contribution >= 0.6 is 0 Å². The van der Waals surface area contributed by atoms with Crippen LogP contribution in [0, 0.1) is 0 Å². The molecule has 0 heterocycles. The highest BCUT2D eigenvalue weighted by molar-refractivity contribution is 5.91. The Morgan fingerprint density at radius 1 is 1.00 bits per heavy atom. The molecule has 0 amide bonds. The van der Waals surface area contributed by atoms with Crippen LogP contribution in [0.4, 0.5) is 0 Å². The van der Waals surface area contributed by atoms with Crippen LogP contribution in [-0.2, 0) is 0 Å². The molecule has 0 aliphatic carbocycles. The zero-order valence-electron chi connectivity index (χ0n) is 8.86. The van der Waals surface area contributed by atoms with Gasteiger partial charge in [0.2, 0.25) is 0 Å². The fraction of sp³-hybridized carbons (Fsp3) is 0.231. The van der Waals surface area contributed by atoms with Crippen molar-refractivity contribution in [3.63, 3.8) is 0 Å². The predicted molar refractivity (Wildman–Crippen MR) is 61.4 cm³/mol. The molecule has 2 aromatic carbocycles. The molecule has 0 aromatic heterocycles. The van der Waals surface area contributed by atoms with Crippen molar-refractivity contribution in [3.8, 4) is 11.5 Å². The van der Waals surface area contributed by atoms with E-state index < -0.39 is 0 Å². The molecule has 2 N–H and O–H groups in total. The van der Waals surface area contributed by atoms with Crippen LogP contribution in [-0.4, -0.2) is 10.2 Å². The standard InChI is InChI=1S/C13H14O2/c1-8(2)11-7-9-5-3-4-6-10(9)12(14)13(11)15/h3-8,14-15H,1-2H3. The minimum Gasteiger partial charge on any atom is -0.504 e. The molecule has 0 fully saturated rings. The van der Waals surface area contributed by atoms with Crippen molar-refractivity contribution in [2.45, 2.75) is 19.8 Å². The topological polar surface area (TPSA) is 40.5 Å². The molecule has 2 heteroatoms. The first kappa shape index (κ1) is 9.84. The fourth-order valence-electron chi connectivity index (χ4n) is 1.78. The number of phenols is 2. The Hall–Kier alpha value is -1.70. The fourth-order valence-corrected chi connectivity index (χ4v) is 1.78. The summed E-state index contributed by atoms with van der Waals surface area (Å²) in [7, 11) is 0. The van der Waals surface area contributed by atoms with E-state index in [4.69, 9.17) is 0 Å². The highest BCUT2D eigenvalue weighted by Gasteiger charge is 2.13. The molecular formula is C13H14O2. The van der Waals surface area contributed by atoms with Gasteiger partial charge < -0.3 is 10.2 Å². The molecular weight excluding hydrogens is 188 g/mol. The van der Waals surface area contributed by atoms with Crippen LogP contribution in [0.25, 0.3) is 10.8 Å². The van der Waals surface area contributed by atoms with E-state index in [0.29, 0.717) is 5.39 Å². The second-order valence-corrected chi connectivity index (χ2v) is 4.04. The third-order valence-electron chi connectivity index (χ3n) is 2.65. The Balaban J connectivity index is 2.82. The largest absolute Gasteiger partial charge is 0.504 e. The van der Waals surface area contributed by atoms with Gasteiger partial charge in [0, 0.05) is 10.9 Å². The molecule has 15 heavy (non-hydrogen) atoms. The van der Waals surface area contributed by atoms with Crippen LogP contribution in [0.1, 0.15) is 25.3 Å². The monoisotopic (exact) mass is 202 g/mol. The minimum absolute atomic E-state index is 0.00343. The van der Waals surface area contributed by atoms with Gasteiger partial charge >= 0.3 is 0 Å². The van der Waals surface area contributed by atoms with E-state index in [1.807, 2.05) is 38.1 Å². The Morgan fingerprint density at radius 2 is 1.67 bits per heavy atom. The minimum atomic E-state index is -0.0169. The Kier molecular flexibility index (Phi) is 2.27. The maximum absolute atomic E-state index is 9.84. The van der Waals surface area contributed by atoms with E-state index in [9.17, 15) is 10.2 Å². The summed E-state index contributed by atoms with van der Waals surface area (Å²) in [4.78, 5) is 0. The van der Waals surface area contributed by atoms with Crippen LogP contribution in [0.5, 0.6) is 11.5 Å². The Bertz CT molecular complexity index is 501. The van der Waals surface area contributed by atoms with Gasteiger partial charge in [0.15, 0.2) is 11.5 Å². The van der Waals surface area contributed by atoms with Gasteiger partial charge in [-0.05, 0) is 17.4 Å². The van der Waals surface area contributed by atoms with Gasteiger partial charge in [-0.25, -0.2) is 0 Å². The number of hydrogen-bond acceptors (Lipinski definition) is 2. The number of fused-ring (bicyclic) bond motifs is 1. The van der Waals surface area contributed by atoms with Crippen molar-refractivity contribution in [3.05, 3.63) is 35.9 Å². The second-order valence-electron chi connectivity index (χ2n) is 4.04. The zero-order valence-corrected chi connectivity index (χ0v) is 8.86. The summed E-state index contributed by atoms with van der Waals surface area (Å²) in [6, 6.07) is 9.42. The van der Waals surface area contributed by atoms with Gasteiger partial charge in [0.05, 0.1) is 0 Å². The van der Waals surface area contributed by atoms with Crippen molar-refractivity contribution in [1.82, 2.24) is 0 Å². The van der Waals surface area contributed by atoms with E-state index in [2.05, 4.69) is 0 Å². The smallest absolute Gasteiger partial charge is 0.165 e. The van der Waals surface area contributed by atoms with E-state index in [-0.39, 0.29) is 17.4 Å². The van der Waals surface area contributed by atoms with Crippen LogP contribution < -0.4 is 0 Å². The summed E-state index contributed by atoms with van der Waals surface area (Å²) in [5.74, 6) is 0.181. The molecule has 0 saturated heterocycles. The third kappa shape index (κ3) is 1.52. The van der Waals surface area contributed by atoms with Crippen LogP contribution in [0.15, 0.2) is 30.3 Å². The van der Waals surface area contributed by atoms with Crippen LogP contribution in [0.2, 0.25) is 0 Å². The van der Waals surface area contributed by atoms with Crippen molar-refractivity contribution >= 4 is 10.8 Å². The lowest BCUT2D eigenvalue weighted by Crippen LogP contribution is -1.89. The number of phenolic OH excluding ortho intramolecular Hbond substituents is 2. The molecule has 0 bridgehead atoms. The van der Waals surface area contributed by atoms with Gasteiger partial charge in [0.1, 0.15) is 0 Å². The molecule has 2 nitrogen and oxygen atoms in total. The lowest BCUT2D eigenvalue weighted by molar-refractivity contribution is 0.402. The lowest BCUT2D eigenvalue weighted by atomic mass is 9.97. The average Bonchev–Trinajstić information content (AvgIpc) is 2.23. The lowest BCUT2D eigenvalue weighted by Gasteiger charge is -2.12. The summed E-state index contributed by atoms with van der Waals surface area (Å²) in [6.07, 6.45) is 0. The van der Waals surface area contributed by atoms with E-state index >= 15 is 0 Å². The predicted octanol–water partition coefficient (Wildman–Crippen LogP) is 3.37. The average molecular weight is 202 g/mol. The summed E-state index contributed by atoms with van der Waals surface area (Å²) in [6.45, 7) is 3.98. The Morgan fingerprint density at radius 3 is 2.33 bits per heavy atom. The number of rotatable bonds is 1. The van der Waals surface area contributed by atoms with Crippen molar-refractivity contribution in [2.75, 3.05) is 0 Å². The molecule has 0 aliphatic heterocycles. The summed E-state index contributed by atoms with van der Waals surface area (Å²) < 4.78 is 0. The van der Waals surface area contributed by atoms with E-state index in [0.717, 1.165) is 10.9 Å². The molecule has 0 atom stereocenters. The zero-order chi connectivity index (χ0) is 11.0. The number of aromatic hydroxyl groups is 2. The molecule has 0 saturated carbocycles. The first-order valence-electron chi connectivity index (χ1n) is 5.05. The van der Waals surface area contributed by atoms with Crippen molar-refractivity contribution in [2.24, 2.45) is 0 Å². The molecule has 2 aromatic rings. The SMILES string of the molecule is CC(C)c1cc2ccccc2c(O)c1O. The molecule has 0 aliphatic rings.